The quantitative estimate of drug-likeness (QED) is 0.519. The number of carbonyl (C=O) groups is 1. The molecule has 0 saturated carbocycles. The molecule has 3 aromatic rings. The Labute approximate surface area is 171 Å². The van der Waals surface area contributed by atoms with Crippen molar-refractivity contribution in [3.05, 3.63) is 76.3 Å². The van der Waals surface area contributed by atoms with Gasteiger partial charge in [-0.25, -0.2) is 0 Å². The smallest absolute Gasteiger partial charge is 0.251 e. The van der Waals surface area contributed by atoms with Crippen LogP contribution in [0.4, 0.5) is 0 Å². The van der Waals surface area contributed by atoms with Gasteiger partial charge in [0.1, 0.15) is 0 Å². The molecule has 2 heterocycles. The van der Waals surface area contributed by atoms with E-state index in [2.05, 4.69) is 16.5 Å². The monoisotopic (exact) mass is 395 g/mol. The average molecular weight is 396 g/mol. The van der Waals surface area contributed by atoms with Crippen LogP contribution in [0.5, 0.6) is 0 Å². The minimum atomic E-state index is -0.404. The molecule has 0 saturated heterocycles. The van der Waals surface area contributed by atoms with Gasteiger partial charge in [-0.05, 0) is 49.6 Å². The fourth-order valence-corrected chi connectivity index (χ4v) is 3.82. The molecule has 2 aromatic heterocycles. The van der Waals surface area contributed by atoms with Gasteiger partial charge in [0.2, 0.25) is 0 Å². The Bertz CT molecular complexity index is 946. The van der Waals surface area contributed by atoms with Gasteiger partial charge in [0.05, 0.1) is 17.8 Å². The molecule has 0 unspecified atom stereocenters. The van der Waals surface area contributed by atoms with E-state index in [0.717, 1.165) is 53.9 Å². The third-order valence-electron chi connectivity index (χ3n) is 5.07. The van der Waals surface area contributed by atoms with Crippen LogP contribution in [0.3, 0.4) is 0 Å². The molecule has 3 rings (SSSR count). The van der Waals surface area contributed by atoms with E-state index in [9.17, 15) is 4.79 Å². The van der Waals surface area contributed by atoms with E-state index in [1.165, 1.54) is 0 Å². The zero-order valence-electron chi connectivity index (χ0n) is 16.4. The van der Waals surface area contributed by atoms with Crippen LogP contribution in [0.1, 0.15) is 53.6 Å². The summed E-state index contributed by atoms with van der Waals surface area (Å²) in [4.78, 5) is 16.9. The van der Waals surface area contributed by atoms with Crippen molar-refractivity contribution in [2.75, 3.05) is 0 Å². The Kier molecular flexibility index (Phi) is 6.53. The summed E-state index contributed by atoms with van der Waals surface area (Å²) in [5.41, 5.74) is 11.3. The van der Waals surface area contributed by atoms with E-state index < -0.39 is 5.91 Å². The summed E-state index contributed by atoms with van der Waals surface area (Å²) < 4.78 is 2.20. The molecule has 146 valence electrons. The minimum absolute atomic E-state index is 0.404. The molecule has 4 nitrogen and oxygen atoms in total. The Morgan fingerprint density at radius 3 is 2.50 bits per heavy atom. The molecule has 28 heavy (non-hydrogen) atoms. The molecule has 0 spiro atoms. The van der Waals surface area contributed by atoms with Gasteiger partial charge in [-0.15, -0.1) is 0 Å². The van der Waals surface area contributed by atoms with Crippen molar-refractivity contribution in [2.45, 2.75) is 46.1 Å². The highest BCUT2D eigenvalue weighted by molar-refractivity contribution is 6.30. The first-order valence-electron chi connectivity index (χ1n) is 9.70. The summed E-state index contributed by atoms with van der Waals surface area (Å²) in [6.07, 6.45) is 6.01. The molecule has 1 amide bonds. The molecule has 0 atom stereocenters. The van der Waals surface area contributed by atoms with Gasteiger partial charge in [-0.1, -0.05) is 49.6 Å². The van der Waals surface area contributed by atoms with Gasteiger partial charge in [0.15, 0.2) is 0 Å². The van der Waals surface area contributed by atoms with Crippen LogP contribution in [0.25, 0.3) is 11.1 Å². The topological polar surface area (TPSA) is 60.9 Å². The maximum Gasteiger partial charge on any atom is 0.251 e. The standard InChI is InChI=1S/C23H26ClN3O/c1-3-4-5-9-20-22(17-10-12-18(24)13-11-17)21(23(25)28)16(2)27(20)15-19-8-6-7-14-26-19/h6-8,10-14H,3-5,9,15H2,1-2H3,(H2,25,28). The number of carbonyl (C=O) groups excluding carboxylic acids is 1. The summed E-state index contributed by atoms with van der Waals surface area (Å²) in [5, 5.41) is 0.668. The van der Waals surface area contributed by atoms with Crippen LogP contribution < -0.4 is 5.73 Å². The number of nitrogens with two attached hydrogens (primary N) is 1. The predicted octanol–water partition coefficient (Wildman–Crippen LogP) is 5.39. The Hall–Kier alpha value is -2.59. The van der Waals surface area contributed by atoms with Gasteiger partial charge in [-0.2, -0.15) is 0 Å². The lowest BCUT2D eigenvalue weighted by Crippen LogP contribution is -2.13. The average Bonchev–Trinajstić information content (AvgIpc) is 2.96. The first kappa shape index (κ1) is 20.2. The van der Waals surface area contributed by atoms with E-state index in [1.54, 1.807) is 6.20 Å². The van der Waals surface area contributed by atoms with Crippen molar-refractivity contribution in [2.24, 2.45) is 5.73 Å². The van der Waals surface area contributed by atoms with Crippen molar-refractivity contribution < 1.29 is 4.79 Å². The third-order valence-corrected chi connectivity index (χ3v) is 5.33. The number of unbranched alkanes of at least 4 members (excludes halogenated alkanes) is 2. The summed E-state index contributed by atoms with van der Waals surface area (Å²) in [7, 11) is 0. The van der Waals surface area contributed by atoms with Gasteiger partial charge in [-0.3, -0.25) is 9.78 Å². The fraction of sp³-hybridized carbons (Fsp3) is 0.304. The number of aromatic nitrogens is 2. The Morgan fingerprint density at radius 1 is 1.14 bits per heavy atom. The zero-order chi connectivity index (χ0) is 20.1. The molecule has 0 radical (unpaired) electrons. The number of halogens is 1. The number of pyridine rings is 1. The number of amides is 1. The van der Waals surface area contributed by atoms with Crippen LogP contribution in [0.15, 0.2) is 48.7 Å². The zero-order valence-corrected chi connectivity index (χ0v) is 17.2. The Balaban J connectivity index is 2.18. The molecule has 2 N–H and O–H groups in total. The highest BCUT2D eigenvalue weighted by Crippen LogP contribution is 2.35. The molecular weight excluding hydrogens is 370 g/mol. The molecule has 0 aliphatic heterocycles. The second-order valence-electron chi connectivity index (χ2n) is 7.02. The highest BCUT2D eigenvalue weighted by atomic mass is 35.5. The number of rotatable bonds is 8. The van der Waals surface area contributed by atoms with Gasteiger partial charge in [0, 0.05) is 28.2 Å². The second kappa shape index (κ2) is 9.07. The molecule has 5 heteroatoms. The number of primary amides is 1. The lowest BCUT2D eigenvalue weighted by atomic mass is 9.97. The van der Waals surface area contributed by atoms with Crippen LogP contribution in [0.2, 0.25) is 5.02 Å². The summed E-state index contributed by atoms with van der Waals surface area (Å²) in [5.74, 6) is -0.404. The summed E-state index contributed by atoms with van der Waals surface area (Å²) in [6.45, 7) is 4.76. The van der Waals surface area contributed by atoms with Crippen LogP contribution in [-0.2, 0) is 13.0 Å². The van der Waals surface area contributed by atoms with E-state index >= 15 is 0 Å². The SMILES string of the molecule is CCCCCc1c(-c2ccc(Cl)cc2)c(C(N)=O)c(C)n1Cc1ccccn1. The van der Waals surface area contributed by atoms with E-state index in [0.29, 0.717) is 17.1 Å². The first-order chi connectivity index (χ1) is 13.5. The van der Waals surface area contributed by atoms with E-state index in [1.807, 2.05) is 49.4 Å². The fourth-order valence-electron chi connectivity index (χ4n) is 3.70. The largest absolute Gasteiger partial charge is 0.366 e. The predicted molar refractivity (Wildman–Crippen MR) is 115 cm³/mol. The Morgan fingerprint density at radius 2 is 1.89 bits per heavy atom. The normalized spacial score (nSPS) is 11.0. The molecule has 1 aromatic carbocycles. The molecule has 0 aliphatic rings. The second-order valence-corrected chi connectivity index (χ2v) is 7.45. The maximum absolute atomic E-state index is 12.4. The lowest BCUT2D eigenvalue weighted by Gasteiger charge is -2.13. The van der Waals surface area contributed by atoms with Crippen LogP contribution in [-0.4, -0.2) is 15.5 Å². The van der Waals surface area contributed by atoms with Gasteiger partial charge < -0.3 is 10.3 Å². The van der Waals surface area contributed by atoms with Crippen molar-refractivity contribution in [3.8, 4) is 11.1 Å². The highest BCUT2D eigenvalue weighted by Gasteiger charge is 2.24. The molecule has 0 bridgehead atoms. The summed E-state index contributed by atoms with van der Waals surface area (Å²) >= 11 is 6.08. The van der Waals surface area contributed by atoms with Crippen LogP contribution in [0, 0.1) is 6.92 Å². The number of benzene rings is 1. The van der Waals surface area contributed by atoms with Gasteiger partial charge in [0.25, 0.3) is 5.91 Å². The van der Waals surface area contributed by atoms with Gasteiger partial charge >= 0.3 is 0 Å². The number of hydrogen-bond donors (Lipinski definition) is 1. The first-order valence-corrected chi connectivity index (χ1v) is 10.1. The maximum atomic E-state index is 12.4. The minimum Gasteiger partial charge on any atom is -0.366 e. The van der Waals surface area contributed by atoms with Crippen molar-refractivity contribution in [1.29, 1.82) is 0 Å². The van der Waals surface area contributed by atoms with Crippen molar-refractivity contribution in [1.82, 2.24) is 9.55 Å². The number of nitrogens with zero attached hydrogens (tertiary/aromatic N) is 2. The molecule has 0 fully saturated rings. The van der Waals surface area contributed by atoms with Crippen molar-refractivity contribution >= 4 is 17.5 Å². The molecule has 0 aliphatic carbocycles. The summed E-state index contributed by atoms with van der Waals surface area (Å²) in [6, 6.07) is 13.5. The van der Waals surface area contributed by atoms with Crippen molar-refractivity contribution in [3.63, 3.8) is 0 Å². The van der Waals surface area contributed by atoms with E-state index in [4.69, 9.17) is 17.3 Å². The number of hydrogen-bond acceptors (Lipinski definition) is 2. The third kappa shape index (κ3) is 4.28. The van der Waals surface area contributed by atoms with E-state index in [-0.39, 0.29) is 0 Å². The lowest BCUT2D eigenvalue weighted by molar-refractivity contribution is 0.1000. The van der Waals surface area contributed by atoms with Crippen LogP contribution >= 0.6 is 11.6 Å². The molecular formula is C23H26ClN3O.